The fourth-order valence-corrected chi connectivity index (χ4v) is 6.37. The minimum Gasteiger partial charge on any atom is -0.467 e. The summed E-state index contributed by atoms with van der Waals surface area (Å²) < 4.78 is 51.4. The van der Waals surface area contributed by atoms with Gasteiger partial charge in [-0.1, -0.05) is 18.2 Å². The Hall–Kier alpha value is -1.73. The van der Waals surface area contributed by atoms with Gasteiger partial charge < -0.3 is 57.2 Å². The fourth-order valence-electron chi connectivity index (χ4n) is 4.99. The van der Waals surface area contributed by atoms with Crippen LogP contribution in [0.1, 0.15) is 19.8 Å². The van der Waals surface area contributed by atoms with Gasteiger partial charge in [-0.15, -0.1) is 0 Å². The van der Waals surface area contributed by atoms with E-state index in [1.165, 1.54) is 19.1 Å². The molecule has 15 heteroatoms. The minimum absolute atomic E-state index is 0.0496. The zero-order valence-electron chi connectivity index (χ0n) is 21.6. The molecule has 1 saturated heterocycles. The third-order valence-electron chi connectivity index (χ3n) is 7.25. The van der Waals surface area contributed by atoms with E-state index in [4.69, 9.17) is 41.9 Å². The Kier molecular flexibility index (Phi) is 9.32. The van der Waals surface area contributed by atoms with Gasteiger partial charge in [0.2, 0.25) is 16.3 Å². The van der Waals surface area contributed by atoms with Crippen molar-refractivity contribution in [3.63, 3.8) is 0 Å². The van der Waals surface area contributed by atoms with Crippen molar-refractivity contribution < 1.29 is 42.7 Å². The van der Waals surface area contributed by atoms with Gasteiger partial charge in [0.25, 0.3) is 0 Å². The van der Waals surface area contributed by atoms with E-state index in [1.54, 1.807) is 24.3 Å². The van der Waals surface area contributed by atoms with Crippen molar-refractivity contribution in [1.82, 2.24) is 4.72 Å². The van der Waals surface area contributed by atoms with E-state index in [9.17, 15) is 23.7 Å². The Bertz CT molecular complexity index is 1110. The van der Waals surface area contributed by atoms with Crippen LogP contribution in [0.5, 0.6) is 0 Å². The predicted molar refractivity (Wildman–Crippen MR) is 138 cm³/mol. The summed E-state index contributed by atoms with van der Waals surface area (Å²) in [6.07, 6.45) is -5.16. The second kappa shape index (κ2) is 12.0. The van der Waals surface area contributed by atoms with Crippen LogP contribution in [0.2, 0.25) is 0 Å². The Balaban J connectivity index is 1.48. The number of hydrogen-bond acceptors (Lipinski definition) is 13. The summed E-state index contributed by atoms with van der Waals surface area (Å²) in [5, 5.41) is 33.1. The van der Waals surface area contributed by atoms with Crippen LogP contribution in [-0.4, -0.2) is 104 Å². The summed E-state index contributed by atoms with van der Waals surface area (Å²) in [5.74, 6) is 0.500. The van der Waals surface area contributed by atoms with Crippen LogP contribution >= 0.6 is 0 Å². The van der Waals surface area contributed by atoms with E-state index in [1.807, 2.05) is 0 Å². The van der Waals surface area contributed by atoms with Gasteiger partial charge in [-0.25, -0.2) is 13.1 Å². The highest BCUT2D eigenvalue weighted by Gasteiger charge is 2.52. The summed E-state index contributed by atoms with van der Waals surface area (Å²) in [5.41, 5.74) is 22.5. The highest BCUT2D eigenvalue weighted by molar-refractivity contribution is 7.89. The van der Waals surface area contributed by atoms with Crippen LogP contribution < -0.4 is 27.7 Å². The molecular formula is C24H39N5O9S. The number of benzene rings is 1. The second-order valence-electron chi connectivity index (χ2n) is 10.5. The first kappa shape index (κ1) is 30.2. The molecule has 12 N–H and O–H groups in total. The molecule has 1 aliphatic carbocycles. The summed E-state index contributed by atoms with van der Waals surface area (Å²) >= 11 is 0. The molecule has 1 saturated carbocycles. The summed E-state index contributed by atoms with van der Waals surface area (Å²) in [7, 11) is -4.12. The van der Waals surface area contributed by atoms with Crippen LogP contribution in [0.4, 0.5) is 0 Å². The smallest absolute Gasteiger partial charge is 0.241 e. The van der Waals surface area contributed by atoms with Crippen molar-refractivity contribution >= 4 is 10.0 Å². The highest BCUT2D eigenvalue weighted by atomic mass is 32.2. The quantitative estimate of drug-likeness (QED) is 0.154. The zero-order valence-corrected chi connectivity index (χ0v) is 22.4. The molecule has 2 heterocycles. The first-order valence-corrected chi connectivity index (χ1v) is 14.2. The van der Waals surface area contributed by atoms with Gasteiger partial charge in [0.1, 0.15) is 35.8 Å². The molecule has 2 fully saturated rings. The van der Waals surface area contributed by atoms with Gasteiger partial charge in [-0.2, -0.15) is 0 Å². The van der Waals surface area contributed by atoms with Crippen LogP contribution in [0.15, 0.2) is 47.1 Å². The molecule has 0 aromatic heterocycles. The molecule has 1 aromatic carbocycles. The average Bonchev–Trinajstić information content (AvgIpc) is 2.89. The number of nitrogens with one attached hydrogen (secondary N) is 1. The van der Waals surface area contributed by atoms with Crippen molar-refractivity contribution in [2.75, 3.05) is 13.2 Å². The van der Waals surface area contributed by atoms with Crippen molar-refractivity contribution in [3.05, 3.63) is 42.2 Å². The molecule has 14 nitrogen and oxygen atoms in total. The molecular weight excluding hydrogens is 534 g/mol. The highest BCUT2D eigenvalue weighted by Crippen LogP contribution is 2.32. The van der Waals surface area contributed by atoms with Crippen molar-refractivity contribution in [3.8, 4) is 0 Å². The third-order valence-corrected chi connectivity index (χ3v) is 8.70. The topological polar surface area (TPSA) is 248 Å². The summed E-state index contributed by atoms with van der Waals surface area (Å²) in [4.78, 5) is -0.0496. The normalized spacial score (nSPS) is 41.5. The molecule has 1 aromatic rings. The first-order chi connectivity index (χ1) is 18.3. The molecule has 220 valence electrons. The third kappa shape index (κ3) is 6.61. The standard InChI is InChI=1S/C24H39N5O9S/c1-24(32)11-35-23(18(31)21(24)29-39(33,34)13-5-3-2-4-6-13)38-20-16(28)9-15(27)19(17(20)30)37-22-14(26)8-7-12(10-25)36-22/h2-7,14-23,29-32H,8-11,25-28H2,1H3/t14-,15+,16-,17+,18-,19-,20+,21-,22-,23-,24+/m1/s1. The molecule has 39 heavy (non-hydrogen) atoms. The monoisotopic (exact) mass is 573 g/mol. The van der Waals surface area contributed by atoms with E-state index in [0.29, 0.717) is 12.2 Å². The zero-order chi connectivity index (χ0) is 28.5. The molecule has 3 aliphatic rings. The molecule has 0 unspecified atom stereocenters. The van der Waals surface area contributed by atoms with E-state index in [2.05, 4.69) is 4.72 Å². The lowest BCUT2D eigenvalue weighted by molar-refractivity contribution is -0.301. The van der Waals surface area contributed by atoms with Crippen LogP contribution in [0.3, 0.4) is 0 Å². The van der Waals surface area contributed by atoms with Crippen LogP contribution in [0, 0.1) is 0 Å². The molecule has 0 amide bonds. The van der Waals surface area contributed by atoms with Gasteiger partial charge in [0.15, 0.2) is 6.29 Å². The molecule has 2 aliphatic heterocycles. The SMILES string of the molecule is C[C@]1(O)CO[C@H](O[C@@H]2[C@@H](O)[C@H](O[C@H]3OC(CN)=CC[C@H]3N)[C@@H](N)C[C@H]2N)[C@H](O)[C@H]1NS(=O)(=O)c1ccccc1. The van der Waals surface area contributed by atoms with E-state index < -0.39 is 76.8 Å². The second-order valence-corrected chi connectivity index (χ2v) is 12.2. The van der Waals surface area contributed by atoms with E-state index in [-0.39, 0.29) is 24.5 Å². The average molecular weight is 574 g/mol. The van der Waals surface area contributed by atoms with Gasteiger partial charge in [0.05, 0.1) is 30.1 Å². The number of rotatable bonds is 8. The lowest BCUT2D eigenvalue weighted by Gasteiger charge is -2.48. The maximum atomic E-state index is 12.9. The molecule has 0 spiro atoms. The predicted octanol–water partition coefficient (Wildman–Crippen LogP) is -3.09. The molecule has 11 atom stereocenters. The number of sulfonamides is 1. The number of ether oxygens (including phenoxy) is 4. The first-order valence-electron chi connectivity index (χ1n) is 12.7. The summed E-state index contributed by atoms with van der Waals surface area (Å²) in [6.45, 7) is 1.09. The van der Waals surface area contributed by atoms with Crippen molar-refractivity contribution in [2.45, 2.75) is 91.4 Å². The van der Waals surface area contributed by atoms with Gasteiger partial charge in [0, 0.05) is 12.1 Å². The Labute approximate surface area is 227 Å². The van der Waals surface area contributed by atoms with E-state index in [0.717, 1.165) is 0 Å². The van der Waals surface area contributed by atoms with Gasteiger partial charge >= 0.3 is 0 Å². The van der Waals surface area contributed by atoms with Gasteiger partial charge in [-0.05, 0) is 38.0 Å². The Morgan fingerprint density at radius 1 is 1.03 bits per heavy atom. The number of aliphatic hydroxyl groups excluding tert-OH is 2. The Morgan fingerprint density at radius 3 is 2.26 bits per heavy atom. The lowest BCUT2D eigenvalue weighted by Crippen LogP contribution is -2.69. The molecule has 4 rings (SSSR count). The van der Waals surface area contributed by atoms with Gasteiger partial charge in [-0.3, -0.25) is 0 Å². The fraction of sp³-hybridized carbons (Fsp3) is 0.667. The summed E-state index contributed by atoms with van der Waals surface area (Å²) in [6, 6.07) is 4.10. The Morgan fingerprint density at radius 2 is 1.64 bits per heavy atom. The number of nitrogens with two attached hydrogens (primary N) is 4. The number of hydrogen-bond donors (Lipinski definition) is 8. The number of aliphatic hydroxyl groups is 3. The largest absolute Gasteiger partial charge is 0.467 e. The lowest BCUT2D eigenvalue weighted by atomic mass is 9.84. The van der Waals surface area contributed by atoms with Crippen LogP contribution in [0.25, 0.3) is 0 Å². The molecule has 0 bridgehead atoms. The maximum absolute atomic E-state index is 12.9. The minimum atomic E-state index is -4.12. The van der Waals surface area contributed by atoms with Crippen molar-refractivity contribution in [1.29, 1.82) is 0 Å². The van der Waals surface area contributed by atoms with Crippen molar-refractivity contribution in [2.24, 2.45) is 22.9 Å². The maximum Gasteiger partial charge on any atom is 0.241 e. The molecule has 0 radical (unpaired) electrons. The van der Waals surface area contributed by atoms with E-state index >= 15 is 0 Å². The van der Waals surface area contributed by atoms with Crippen LogP contribution in [-0.2, 0) is 29.0 Å².